The highest BCUT2D eigenvalue weighted by molar-refractivity contribution is 7.10. The average Bonchev–Trinajstić information content (AvgIpc) is 2.81. The molecule has 5 heteroatoms. The van der Waals surface area contributed by atoms with Crippen LogP contribution >= 0.6 is 11.3 Å². The predicted octanol–water partition coefficient (Wildman–Crippen LogP) is 3.56. The van der Waals surface area contributed by atoms with E-state index in [-0.39, 0.29) is 18.1 Å². The highest BCUT2D eigenvalue weighted by atomic mass is 32.1. The first-order valence-corrected chi connectivity index (χ1v) is 7.31. The molecule has 1 aromatic heterocycles. The lowest BCUT2D eigenvalue weighted by molar-refractivity contribution is -0.0273. The summed E-state index contributed by atoms with van der Waals surface area (Å²) in [6.07, 6.45) is 0.164. The molecule has 0 saturated carbocycles. The highest BCUT2D eigenvalue weighted by Gasteiger charge is 2.24. The van der Waals surface area contributed by atoms with E-state index in [9.17, 15) is 4.79 Å². The first-order chi connectivity index (χ1) is 8.96. The van der Waals surface area contributed by atoms with Crippen molar-refractivity contribution in [1.29, 1.82) is 0 Å². The van der Waals surface area contributed by atoms with Crippen molar-refractivity contribution in [3.63, 3.8) is 0 Å². The zero-order valence-corrected chi connectivity index (χ0v) is 12.4. The molecule has 0 aromatic carbocycles. The van der Waals surface area contributed by atoms with Crippen molar-refractivity contribution in [3.05, 3.63) is 21.9 Å². The second-order valence-electron chi connectivity index (χ2n) is 5.83. The molecule has 106 valence electrons. The monoisotopic (exact) mass is 284 g/mol. The molecule has 1 aliphatic rings. The van der Waals surface area contributed by atoms with Crippen molar-refractivity contribution >= 4 is 17.5 Å². The van der Waals surface area contributed by atoms with Gasteiger partial charge < -0.3 is 14.2 Å². The second-order valence-corrected chi connectivity index (χ2v) is 6.78. The van der Waals surface area contributed by atoms with Gasteiger partial charge in [-0.25, -0.2) is 4.79 Å². The van der Waals surface area contributed by atoms with Gasteiger partial charge in [0.05, 0.1) is 13.2 Å². The molecule has 0 unspecified atom stereocenters. The molecule has 0 amide bonds. The van der Waals surface area contributed by atoms with Crippen LogP contribution in [0.4, 0.5) is 4.79 Å². The van der Waals surface area contributed by atoms with Crippen LogP contribution in [0.1, 0.15) is 37.3 Å². The van der Waals surface area contributed by atoms with Crippen LogP contribution in [0.3, 0.4) is 0 Å². The van der Waals surface area contributed by atoms with Gasteiger partial charge in [0, 0.05) is 4.88 Å². The number of carbonyl (C=O) groups excluding carboxylic acids is 1. The zero-order valence-electron chi connectivity index (χ0n) is 11.6. The van der Waals surface area contributed by atoms with Gasteiger partial charge in [0.1, 0.15) is 12.7 Å². The molecule has 0 fully saturated rings. The van der Waals surface area contributed by atoms with Crippen molar-refractivity contribution in [1.82, 2.24) is 0 Å². The lowest BCUT2D eigenvalue weighted by atomic mass is 9.99. The number of hydrogen-bond donors (Lipinski definition) is 0. The molecule has 19 heavy (non-hydrogen) atoms. The van der Waals surface area contributed by atoms with Gasteiger partial charge in [0.15, 0.2) is 0 Å². The molecule has 0 saturated heterocycles. The van der Waals surface area contributed by atoms with E-state index in [1.165, 1.54) is 5.56 Å². The summed E-state index contributed by atoms with van der Waals surface area (Å²) in [4.78, 5) is 12.6. The molecule has 0 aliphatic carbocycles. The van der Waals surface area contributed by atoms with Crippen LogP contribution in [0.2, 0.25) is 0 Å². The number of ether oxygens (including phenoxy) is 3. The fraction of sp³-hybridized carbons (Fsp3) is 0.643. The number of fused-ring (bicyclic) bond motifs is 1. The lowest BCUT2D eigenvalue weighted by Crippen LogP contribution is -2.23. The Labute approximate surface area is 117 Å². The van der Waals surface area contributed by atoms with E-state index < -0.39 is 6.16 Å². The third-order valence-corrected chi connectivity index (χ3v) is 3.79. The molecule has 1 aliphatic heterocycles. The number of hydrogen-bond acceptors (Lipinski definition) is 5. The first kappa shape index (κ1) is 14.3. The van der Waals surface area contributed by atoms with Crippen LogP contribution in [0.15, 0.2) is 11.4 Å². The third-order valence-electron chi connectivity index (χ3n) is 2.74. The van der Waals surface area contributed by atoms with Gasteiger partial charge in [-0.1, -0.05) is 20.8 Å². The normalized spacial score (nSPS) is 18.8. The molecule has 0 radical (unpaired) electrons. The summed E-state index contributed by atoms with van der Waals surface area (Å²) in [5.41, 5.74) is 1.24. The van der Waals surface area contributed by atoms with Gasteiger partial charge in [-0.05, 0) is 28.8 Å². The van der Waals surface area contributed by atoms with Crippen LogP contribution in [0.5, 0.6) is 0 Å². The van der Waals surface area contributed by atoms with E-state index in [2.05, 4.69) is 6.07 Å². The summed E-state index contributed by atoms with van der Waals surface area (Å²) >= 11 is 1.65. The van der Waals surface area contributed by atoms with Gasteiger partial charge in [0.25, 0.3) is 0 Å². The van der Waals surface area contributed by atoms with Crippen molar-refractivity contribution in [2.75, 3.05) is 19.8 Å². The van der Waals surface area contributed by atoms with Gasteiger partial charge >= 0.3 is 6.16 Å². The number of rotatable bonds is 3. The number of carbonyl (C=O) groups is 1. The van der Waals surface area contributed by atoms with Gasteiger partial charge in [-0.2, -0.15) is 0 Å². The molecule has 4 nitrogen and oxygen atoms in total. The van der Waals surface area contributed by atoms with Crippen molar-refractivity contribution in [2.45, 2.75) is 33.3 Å². The molecule has 0 bridgehead atoms. The van der Waals surface area contributed by atoms with Crippen LogP contribution in [-0.2, 0) is 20.6 Å². The Morgan fingerprint density at radius 3 is 3.00 bits per heavy atom. The van der Waals surface area contributed by atoms with E-state index in [1.54, 1.807) is 11.3 Å². The molecular formula is C14H20O4S. The minimum Gasteiger partial charge on any atom is -0.434 e. The highest BCUT2D eigenvalue weighted by Crippen LogP contribution is 2.31. The molecular weight excluding hydrogens is 264 g/mol. The fourth-order valence-electron chi connectivity index (χ4n) is 1.81. The van der Waals surface area contributed by atoms with Gasteiger partial charge in [-0.3, -0.25) is 0 Å². The smallest absolute Gasteiger partial charge is 0.434 e. The number of thiophene rings is 1. The van der Waals surface area contributed by atoms with E-state index in [4.69, 9.17) is 14.2 Å². The Morgan fingerprint density at radius 2 is 2.26 bits per heavy atom. The second kappa shape index (κ2) is 5.92. The summed E-state index contributed by atoms with van der Waals surface area (Å²) in [7, 11) is 0. The van der Waals surface area contributed by atoms with E-state index in [0.29, 0.717) is 13.2 Å². The quantitative estimate of drug-likeness (QED) is 0.796. The SMILES string of the molecule is CC(C)(C)COC(=O)OC[C@@H]1OCCc2ccsc21. The molecule has 1 aromatic rings. The topological polar surface area (TPSA) is 44.8 Å². The average molecular weight is 284 g/mol. The van der Waals surface area contributed by atoms with Crippen molar-refractivity contribution in [3.8, 4) is 0 Å². The fourth-order valence-corrected chi connectivity index (χ4v) is 2.80. The Bertz CT molecular complexity index is 433. The predicted molar refractivity (Wildman–Crippen MR) is 73.5 cm³/mol. The zero-order chi connectivity index (χ0) is 13.9. The minimum atomic E-state index is -0.623. The Morgan fingerprint density at radius 1 is 1.47 bits per heavy atom. The van der Waals surface area contributed by atoms with Crippen LogP contribution in [0, 0.1) is 5.41 Å². The molecule has 0 spiro atoms. The third kappa shape index (κ3) is 4.21. The Hall–Kier alpha value is -1.07. The molecule has 0 N–H and O–H groups in total. The largest absolute Gasteiger partial charge is 0.508 e. The van der Waals surface area contributed by atoms with Crippen LogP contribution in [0.25, 0.3) is 0 Å². The standard InChI is InChI=1S/C14H20O4S/c1-14(2,3)9-18-13(15)17-8-11-12-10(4-6-16-11)5-7-19-12/h5,7,11H,4,6,8-9H2,1-3H3/t11-/m0/s1. The lowest BCUT2D eigenvalue weighted by Gasteiger charge is -2.23. The Balaban J connectivity index is 1.79. The van der Waals surface area contributed by atoms with Crippen LogP contribution in [-0.4, -0.2) is 26.0 Å². The van der Waals surface area contributed by atoms with E-state index in [0.717, 1.165) is 11.3 Å². The molecule has 2 rings (SSSR count). The van der Waals surface area contributed by atoms with E-state index >= 15 is 0 Å². The summed E-state index contributed by atoms with van der Waals surface area (Å²) < 4.78 is 15.8. The molecule has 1 atom stereocenters. The summed E-state index contributed by atoms with van der Waals surface area (Å²) in [6.45, 7) is 7.25. The maximum Gasteiger partial charge on any atom is 0.508 e. The summed E-state index contributed by atoms with van der Waals surface area (Å²) in [5.74, 6) is 0. The Kier molecular flexibility index (Phi) is 4.47. The van der Waals surface area contributed by atoms with Crippen LogP contribution < -0.4 is 0 Å². The van der Waals surface area contributed by atoms with Gasteiger partial charge in [-0.15, -0.1) is 11.3 Å². The minimum absolute atomic E-state index is 0.0543. The van der Waals surface area contributed by atoms with Gasteiger partial charge in [0.2, 0.25) is 0 Å². The summed E-state index contributed by atoms with van der Waals surface area (Å²) in [5, 5.41) is 2.05. The van der Waals surface area contributed by atoms with Crippen molar-refractivity contribution in [2.24, 2.45) is 5.41 Å². The van der Waals surface area contributed by atoms with E-state index in [1.807, 2.05) is 26.2 Å². The maximum absolute atomic E-state index is 11.5. The maximum atomic E-state index is 11.5. The summed E-state index contributed by atoms with van der Waals surface area (Å²) in [6, 6.07) is 2.10. The van der Waals surface area contributed by atoms with Crippen molar-refractivity contribution < 1.29 is 19.0 Å². The molecule has 2 heterocycles. The first-order valence-electron chi connectivity index (χ1n) is 6.43.